The zero-order valence-corrected chi connectivity index (χ0v) is 12.4. The molecule has 0 bridgehead atoms. The summed E-state index contributed by atoms with van der Waals surface area (Å²) < 4.78 is 0. The van der Waals surface area contributed by atoms with Gasteiger partial charge >= 0.3 is 0 Å². The molecule has 1 aromatic rings. The SMILES string of the molecule is Cc1ccccc1C(=O)N(C)C1(C#N)CCN(C)CC1. The van der Waals surface area contributed by atoms with Crippen molar-refractivity contribution < 1.29 is 4.79 Å². The van der Waals surface area contributed by atoms with Gasteiger partial charge in [-0.05, 0) is 38.4 Å². The fourth-order valence-electron chi connectivity index (χ4n) is 2.70. The summed E-state index contributed by atoms with van der Waals surface area (Å²) in [5.74, 6) is -0.0609. The summed E-state index contributed by atoms with van der Waals surface area (Å²) >= 11 is 0. The highest BCUT2D eigenvalue weighted by Crippen LogP contribution is 2.28. The van der Waals surface area contributed by atoms with E-state index >= 15 is 0 Å². The summed E-state index contributed by atoms with van der Waals surface area (Å²) in [7, 11) is 3.80. The third-order valence-electron chi connectivity index (χ3n) is 4.34. The van der Waals surface area contributed by atoms with Crippen LogP contribution in [-0.2, 0) is 0 Å². The Labute approximate surface area is 120 Å². The molecule has 0 saturated carbocycles. The molecule has 4 nitrogen and oxygen atoms in total. The van der Waals surface area contributed by atoms with Gasteiger partial charge in [-0.1, -0.05) is 18.2 Å². The molecular formula is C16H21N3O. The normalized spacial score (nSPS) is 18.3. The van der Waals surface area contributed by atoms with Crippen molar-refractivity contribution in [2.75, 3.05) is 27.2 Å². The lowest BCUT2D eigenvalue weighted by Gasteiger charge is -2.41. The lowest BCUT2D eigenvalue weighted by Crippen LogP contribution is -2.54. The van der Waals surface area contributed by atoms with Crippen LogP contribution < -0.4 is 0 Å². The van der Waals surface area contributed by atoms with Gasteiger partial charge in [-0.15, -0.1) is 0 Å². The summed E-state index contributed by atoms with van der Waals surface area (Å²) in [6.45, 7) is 3.62. The molecule has 1 heterocycles. The van der Waals surface area contributed by atoms with E-state index in [4.69, 9.17) is 0 Å². The fourth-order valence-corrected chi connectivity index (χ4v) is 2.70. The molecular weight excluding hydrogens is 250 g/mol. The van der Waals surface area contributed by atoms with Crippen molar-refractivity contribution in [2.24, 2.45) is 0 Å². The molecule has 1 fully saturated rings. The predicted molar refractivity (Wildman–Crippen MR) is 78.3 cm³/mol. The van der Waals surface area contributed by atoms with Gasteiger partial charge in [0.15, 0.2) is 0 Å². The number of amides is 1. The summed E-state index contributed by atoms with van der Waals surface area (Å²) in [5.41, 5.74) is 0.959. The highest BCUT2D eigenvalue weighted by Gasteiger charge is 2.40. The van der Waals surface area contributed by atoms with Crippen LogP contribution in [0.5, 0.6) is 0 Å². The maximum Gasteiger partial charge on any atom is 0.255 e. The second-order valence-corrected chi connectivity index (χ2v) is 5.63. The second-order valence-electron chi connectivity index (χ2n) is 5.63. The zero-order valence-electron chi connectivity index (χ0n) is 12.4. The number of rotatable bonds is 2. The summed E-state index contributed by atoms with van der Waals surface area (Å²) in [6, 6.07) is 9.92. The molecule has 0 spiro atoms. The van der Waals surface area contributed by atoms with E-state index in [1.807, 2.05) is 38.2 Å². The number of hydrogen-bond acceptors (Lipinski definition) is 3. The molecule has 4 heteroatoms. The van der Waals surface area contributed by atoms with Crippen molar-refractivity contribution in [2.45, 2.75) is 25.3 Å². The van der Waals surface area contributed by atoms with Gasteiger partial charge in [0.1, 0.15) is 5.54 Å². The third kappa shape index (κ3) is 2.54. The van der Waals surface area contributed by atoms with Gasteiger partial charge in [0.25, 0.3) is 5.91 Å². The molecule has 1 aromatic carbocycles. The number of nitriles is 1. The van der Waals surface area contributed by atoms with E-state index in [0.717, 1.165) is 18.7 Å². The molecule has 20 heavy (non-hydrogen) atoms. The second kappa shape index (κ2) is 5.64. The van der Waals surface area contributed by atoms with Crippen LogP contribution in [0.15, 0.2) is 24.3 Å². The minimum absolute atomic E-state index is 0.0609. The summed E-state index contributed by atoms with van der Waals surface area (Å²) in [5, 5.41) is 9.60. The van der Waals surface area contributed by atoms with E-state index in [1.54, 1.807) is 11.9 Å². The minimum Gasteiger partial charge on any atom is -0.323 e. The number of likely N-dealkylation sites (tertiary alicyclic amines) is 1. The third-order valence-corrected chi connectivity index (χ3v) is 4.34. The van der Waals surface area contributed by atoms with Crippen LogP contribution >= 0.6 is 0 Å². The number of piperidine rings is 1. The van der Waals surface area contributed by atoms with Gasteiger partial charge in [0.05, 0.1) is 6.07 Å². The monoisotopic (exact) mass is 271 g/mol. The number of aryl methyl sites for hydroxylation is 1. The van der Waals surface area contributed by atoms with Crippen LogP contribution in [0.25, 0.3) is 0 Å². The van der Waals surface area contributed by atoms with Crippen molar-refractivity contribution in [3.05, 3.63) is 35.4 Å². The number of benzene rings is 1. The Balaban J connectivity index is 2.26. The smallest absolute Gasteiger partial charge is 0.255 e. The van der Waals surface area contributed by atoms with E-state index in [1.165, 1.54) is 0 Å². The Kier molecular flexibility index (Phi) is 4.10. The largest absolute Gasteiger partial charge is 0.323 e. The molecule has 0 atom stereocenters. The highest BCUT2D eigenvalue weighted by atomic mass is 16.2. The van der Waals surface area contributed by atoms with Crippen molar-refractivity contribution in [1.29, 1.82) is 5.26 Å². The van der Waals surface area contributed by atoms with Crippen LogP contribution in [0.1, 0.15) is 28.8 Å². The molecule has 0 N–H and O–H groups in total. The molecule has 0 unspecified atom stereocenters. The van der Waals surface area contributed by atoms with Crippen LogP contribution in [0.4, 0.5) is 0 Å². The average molecular weight is 271 g/mol. The van der Waals surface area contributed by atoms with Crippen LogP contribution in [0.3, 0.4) is 0 Å². The van der Waals surface area contributed by atoms with Crippen LogP contribution in [0.2, 0.25) is 0 Å². The van der Waals surface area contributed by atoms with Gasteiger partial charge in [0, 0.05) is 25.7 Å². The van der Waals surface area contributed by atoms with Gasteiger partial charge in [-0.25, -0.2) is 0 Å². The van der Waals surface area contributed by atoms with E-state index in [-0.39, 0.29) is 5.91 Å². The Morgan fingerprint density at radius 1 is 1.35 bits per heavy atom. The predicted octanol–water partition coefficient (Wildman–Crippen LogP) is 2.05. The van der Waals surface area contributed by atoms with Gasteiger partial charge in [0.2, 0.25) is 0 Å². The first-order valence-electron chi connectivity index (χ1n) is 6.94. The minimum atomic E-state index is -0.675. The van der Waals surface area contributed by atoms with E-state index < -0.39 is 5.54 Å². The average Bonchev–Trinajstić information content (AvgIpc) is 2.47. The van der Waals surface area contributed by atoms with E-state index in [0.29, 0.717) is 18.4 Å². The number of carbonyl (C=O) groups is 1. The first-order chi connectivity index (χ1) is 9.50. The van der Waals surface area contributed by atoms with Gasteiger partial charge in [-0.3, -0.25) is 4.79 Å². The maximum absolute atomic E-state index is 12.7. The highest BCUT2D eigenvalue weighted by molar-refractivity contribution is 5.96. The summed E-state index contributed by atoms with van der Waals surface area (Å²) in [4.78, 5) is 16.5. The molecule has 106 valence electrons. The van der Waals surface area contributed by atoms with Gasteiger partial charge in [-0.2, -0.15) is 5.26 Å². The topological polar surface area (TPSA) is 47.3 Å². The molecule has 1 aliphatic rings. The van der Waals surface area contributed by atoms with Crippen LogP contribution in [0, 0.1) is 18.3 Å². The fraction of sp³-hybridized carbons (Fsp3) is 0.500. The quantitative estimate of drug-likeness (QED) is 0.827. The molecule has 1 saturated heterocycles. The molecule has 0 aromatic heterocycles. The Morgan fingerprint density at radius 3 is 2.50 bits per heavy atom. The van der Waals surface area contributed by atoms with Gasteiger partial charge < -0.3 is 9.80 Å². The van der Waals surface area contributed by atoms with Crippen molar-refractivity contribution in [1.82, 2.24) is 9.80 Å². The van der Waals surface area contributed by atoms with Crippen molar-refractivity contribution >= 4 is 5.91 Å². The van der Waals surface area contributed by atoms with Crippen LogP contribution in [-0.4, -0.2) is 48.4 Å². The lowest BCUT2D eigenvalue weighted by atomic mass is 9.87. The van der Waals surface area contributed by atoms with Crippen molar-refractivity contribution in [3.63, 3.8) is 0 Å². The van der Waals surface area contributed by atoms with Crippen molar-refractivity contribution in [3.8, 4) is 6.07 Å². The first-order valence-corrected chi connectivity index (χ1v) is 6.94. The Bertz CT molecular complexity index is 539. The summed E-state index contributed by atoms with van der Waals surface area (Å²) in [6.07, 6.45) is 1.41. The zero-order chi connectivity index (χ0) is 14.8. The maximum atomic E-state index is 12.7. The Hall–Kier alpha value is -1.86. The molecule has 1 aliphatic heterocycles. The first kappa shape index (κ1) is 14.5. The lowest BCUT2D eigenvalue weighted by molar-refractivity contribution is 0.0520. The van der Waals surface area contributed by atoms with E-state index in [2.05, 4.69) is 11.0 Å². The standard InChI is InChI=1S/C16H21N3O/c1-13-6-4-5-7-14(13)15(20)19(3)16(12-17)8-10-18(2)11-9-16/h4-7H,8-11H2,1-3H3. The number of hydrogen-bond donors (Lipinski definition) is 0. The number of carbonyl (C=O) groups excluding carboxylic acids is 1. The molecule has 2 rings (SSSR count). The Morgan fingerprint density at radius 2 is 1.95 bits per heavy atom. The molecule has 1 amide bonds. The molecule has 0 aliphatic carbocycles. The molecule has 0 radical (unpaired) electrons. The van der Waals surface area contributed by atoms with E-state index in [9.17, 15) is 10.1 Å². The number of nitrogens with zero attached hydrogens (tertiary/aromatic N) is 3.